The van der Waals surface area contributed by atoms with Crippen LogP contribution in [0.15, 0.2) is 79.9 Å². The molecule has 262 valence electrons. The molecule has 3 heterocycles. The van der Waals surface area contributed by atoms with Crippen LogP contribution in [-0.2, 0) is 28.7 Å². The first kappa shape index (κ1) is 35.8. The highest BCUT2D eigenvalue weighted by Gasteiger charge is 2.75. The van der Waals surface area contributed by atoms with Gasteiger partial charge in [-0.2, -0.15) is 0 Å². The Morgan fingerprint density at radius 1 is 1.12 bits per heavy atom. The van der Waals surface area contributed by atoms with E-state index in [1.165, 1.54) is 4.90 Å². The quantitative estimate of drug-likeness (QED) is 0.202. The molecule has 0 aliphatic carbocycles. The number of benzene rings is 2. The van der Waals surface area contributed by atoms with E-state index >= 15 is 0 Å². The number of aliphatic hydroxyl groups excluding tert-OH is 1. The summed E-state index contributed by atoms with van der Waals surface area (Å²) >= 11 is 0. The van der Waals surface area contributed by atoms with Gasteiger partial charge in [0.15, 0.2) is 0 Å². The monoisotopic (exact) mass is 673 g/mol. The molecule has 0 radical (unpaired) electrons. The second-order valence-corrected chi connectivity index (χ2v) is 13.2. The molecule has 3 aliphatic rings. The van der Waals surface area contributed by atoms with E-state index in [0.29, 0.717) is 30.7 Å². The molecule has 0 saturated carbocycles. The molecule has 2 N–H and O–H groups in total. The van der Waals surface area contributed by atoms with E-state index in [1.54, 1.807) is 48.4 Å². The lowest BCUT2D eigenvalue weighted by Crippen LogP contribution is -2.59. The topological polar surface area (TPSA) is 135 Å². The minimum absolute atomic E-state index is 0.0979. The second-order valence-electron chi connectivity index (χ2n) is 13.2. The number of nitrogens with zero attached hydrogens (tertiary/aromatic N) is 2. The van der Waals surface area contributed by atoms with Gasteiger partial charge < -0.3 is 34.4 Å². The number of hydrogen-bond acceptors (Lipinski definition) is 8. The molecule has 3 amide bonds. The van der Waals surface area contributed by atoms with E-state index in [1.807, 2.05) is 44.2 Å². The summed E-state index contributed by atoms with van der Waals surface area (Å²) in [4.78, 5) is 59.2. The molecule has 2 aromatic rings. The van der Waals surface area contributed by atoms with Crippen molar-refractivity contribution in [1.29, 1.82) is 0 Å². The summed E-state index contributed by atoms with van der Waals surface area (Å²) in [6.07, 6.45) is 4.16. The van der Waals surface area contributed by atoms with Gasteiger partial charge in [-0.25, -0.2) is 0 Å². The molecule has 0 unspecified atom stereocenters. The molecule has 7 atom stereocenters. The number of aliphatic hydroxyl groups is 1. The molecule has 11 heteroatoms. The molecule has 49 heavy (non-hydrogen) atoms. The third-order valence-electron chi connectivity index (χ3n) is 10.0. The van der Waals surface area contributed by atoms with Crippen LogP contribution in [-0.4, -0.2) is 84.4 Å². The standard InChI is InChI=1S/C38H47N3O8/c1-6-8-14-31(43)48-23-28(25-12-10-9-11-13-25)39-35(44)32-30-19-20-38(49-30)33(32)36(45)41(29(22-42)24(3)4)34(38)37(46)40(21-7-2)26-15-17-27(47-5)18-16-26/h6-7,9-13,15-18,24,28-30,32-34,42H,1-2,8,14,19-23H2,3-5H3,(H,39,44)/t28-,29-,30+,32-,33-,34+,38-/m0/s1. The van der Waals surface area contributed by atoms with Gasteiger partial charge in [0.05, 0.1) is 43.7 Å². The minimum atomic E-state index is -1.28. The van der Waals surface area contributed by atoms with E-state index in [2.05, 4.69) is 18.5 Å². The molecule has 3 aliphatic heterocycles. The summed E-state index contributed by atoms with van der Waals surface area (Å²) < 4.78 is 17.5. The number of methoxy groups -OCH3 is 1. The van der Waals surface area contributed by atoms with Gasteiger partial charge in [-0.05, 0) is 55.0 Å². The number of carbonyl (C=O) groups is 4. The van der Waals surface area contributed by atoms with Gasteiger partial charge in [-0.1, -0.05) is 56.3 Å². The van der Waals surface area contributed by atoms with Crippen LogP contribution < -0.4 is 15.0 Å². The molecule has 3 fully saturated rings. The molecule has 2 bridgehead atoms. The number of nitrogens with one attached hydrogen (secondary N) is 1. The molecule has 0 aromatic heterocycles. The van der Waals surface area contributed by atoms with Crippen molar-refractivity contribution in [2.24, 2.45) is 17.8 Å². The van der Waals surface area contributed by atoms with Crippen molar-refractivity contribution in [3.63, 3.8) is 0 Å². The van der Waals surface area contributed by atoms with Crippen molar-refractivity contribution in [1.82, 2.24) is 10.2 Å². The van der Waals surface area contributed by atoms with Crippen LogP contribution in [0.1, 0.15) is 51.1 Å². The lowest BCUT2D eigenvalue weighted by molar-refractivity contribution is -0.147. The van der Waals surface area contributed by atoms with Gasteiger partial charge in [0.25, 0.3) is 5.91 Å². The van der Waals surface area contributed by atoms with Crippen LogP contribution >= 0.6 is 0 Å². The summed E-state index contributed by atoms with van der Waals surface area (Å²) in [6, 6.07) is 13.7. The Labute approximate surface area is 287 Å². The van der Waals surface area contributed by atoms with Crippen molar-refractivity contribution >= 4 is 29.4 Å². The Balaban J connectivity index is 1.49. The maximum Gasteiger partial charge on any atom is 0.306 e. The molecule has 2 aromatic carbocycles. The first-order valence-electron chi connectivity index (χ1n) is 16.9. The van der Waals surface area contributed by atoms with Gasteiger partial charge >= 0.3 is 5.97 Å². The van der Waals surface area contributed by atoms with Crippen LogP contribution in [0.5, 0.6) is 5.75 Å². The summed E-state index contributed by atoms with van der Waals surface area (Å²) in [6.45, 7) is 11.0. The predicted octanol–water partition coefficient (Wildman–Crippen LogP) is 3.97. The number of anilines is 1. The number of allylic oxidation sites excluding steroid dienone is 1. The first-order valence-corrected chi connectivity index (χ1v) is 16.9. The highest BCUT2D eigenvalue weighted by atomic mass is 16.5. The number of rotatable bonds is 16. The van der Waals surface area contributed by atoms with Crippen LogP contribution in [0, 0.1) is 17.8 Å². The fourth-order valence-electron chi connectivity index (χ4n) is 7.65. The number of esters is 1. The zero-order valence-corrected chi connectivity index (χ0v) is 28.5. The van der Waals surface area contributed by atoms with Crippen molar-refractivity contribution < 1.29 is 38.5 Å². The van der Waals surface area contributed by atoms with E-state index < -0.39 is 59.5 Å². The van der Waals surface area contributed by atoms with Crippen LogP contribution in [0.25, 0.3) is 0 Å². The van der Waals surface area contributed by atoms with E-state index in [-0.39, 0.29) is 38.0 Å². The maximum atomic E-state index is 14.8. The second kappa shape index (κ2) is 15.4. The van der Waals surface area contributed by atoms with E-state index in [9.17, 15) is 24.3 Å². The van der Waals surface area contributed by atoms with Crippen molar-refractivity contribution in [2.75, 3.05) is 31.8 Å². The molecular formula is C38H47N3O8. The molecule has 5 rings (SSSR count). The van der Waals surface area contributed by atoms with Crippen LogP contribution in [0.3, 0.4) is 0 Å². The Morgan fingerprint density at radius 2 is 1.84 bits per heavy atom. The lowest BCUT2D eigenvalue weighted by Gasteiger charge is -2.40. The molecule has 1 spiro atoms. The van der Waals surface area contributed by atoms with E-state index in [4.69, 9.17) is 14.2 Å². The number of amides is 3. The maximum absolute atomic E-state index is 14.8. The minimum Gasteiger partial charge on any atom is -0.497 e. The summed E-state index contributed by atoms with van der Waals surface area (Å²) in [7, 11) is 1.56. The number of likely N-dealkylation sites (tertiary alicyclic amines) is 1. The van der Waals surface area contributed by atoms with Crippen LogP contribution in [0.2, 0.25) is 0 Å². The highest BCUT2D eigenvalue weighted by Crippen LogP contribution is 2.59. The van der Waals surface area contributed by atoms with Crippen molar-refractivity contribution in [3.05, 3.63) is 85.5 Å². The number of fused-ring (bicyclic) bond motifs is 1. The van der Waals surface area contributed by atoms with Gasteiger partial charge in [0, 0.05) is 18.7 Å². The van der Waals surface area contributed by atoms with Crippen LogP contribution in [0.4, 0.5) is 5.69 Å². The lowest BCUT2D eigenvalue weighted by atomic mass is 9.70. The third-order valence-corrected chi connectivity index (χ3v) is 10.0. The summed E-state index contributed by atoms with van der Waals surface area (Å²) in [5.74, 6) is -3.04. The Bertz CT molecular complexity index is 1530. The average Bonchev–Trinajstić information content (AvgIpc) is 3.76. The largest absolute Gasteiger partial charge is 0.497 e. The highest BCUT2D eigenvalue weighted by molar-refractivity contribution is 6.05. The molecular weight excluding hydrogens is 626 g/mol. The van der Waals surface area contributed by atoms with E-state index in [0.717, 1.165) is 5.56 Å². The number of carbonyl (C=O) groups excluding carboxylic acids is 4. The number of hydrogen-bond donors (Lipinski definition) is 2. The average molecular weight is 674 g/mol. The SMILES string of the molecule is C=CCCC(=O)OC[C@H](NC(=O)[C@@H]1[C@H]2C(=O)N([C@@H](CO)C(C)C)[C@H](C(=O)N(CC=C)c3ccc(OC)cc3)[C@]23CC[C@H]1O3)c1ccccc1. The summed E-state index contributed by atoms with van der Waals surface area (Å²) in [5.41, 5.74) is 0.0329. The fraction of sp³-hybridized carbons (Fsp3) is 0.474. The zero-order valence-electron chi connectivity index (χ0n) is 28.5. The van der Waals surface area contributed by atoms with Gasteiger partial charge in [0.1, 0.15) is 24.0 Å². The Hall–Kier alpha value is -4.48. The smallest absolute Gasteiger partial charge is 0.306 e. The summed E-state index contributed by atoms with van der Waals surface area (Å²) in [5, 5.41) is 13.6. The van der Waals surface area contributed by atoms with Gasteiger partial charge in [-0.3, -0.25) is 19.2 Å². The Morgan fingerprint density at radius 3 is 2.45 bits per heavy atom. The van der Waals surface area contributed by atoms with Crippen molar-refractivity contribution in [2.45, 2.75) is 69.4 Å². The number of ether oxygens (including phenoxy) is 3. The van der Waals surface area contributed by atoms with Crippen molar-refractivity contribution in [3.8, 4) is 5.75 Å². The normalized spacial score (nSPS) is 25.0. The Kier molecular flexibility index (Phi) is 11.2. The van der Waals surface area contributed by atoms with Gasteiger partial charge in [0.2, 0.25) is 11.8 Å². The fourth-order valence-corrected chi connectivity index (χ4v) is 7.65. The first-order chi connectivity index (χ1) is 23.6. The predicted molar refractivity (Wildman–Crippen MR) is 183 cm³/mol. The third kappa shape index (κ3) is 6.87. The zero-order chi connectivity index (χ0) is 35.3. The van der Waals surface area contributed by atoms with Gasteiger partial charge in [-0.15, -0.1) is 13.2 Å². The molecule has 3 saturated heterocycles. The molecule has 11 nitrogen and oxygen atoms in total.